The molecule has 0 aliphatic rings. The summed E-state index contributed by atoms with van der Waals surface area (Å²) in [5.74, 6) is -1.66. The van der Waals surface area contributed by atoms with Crippen molar-refractivity contribution in [1.82, 2.24) is 0 Å². The monoisotopic (exact) mass is 366 g/mol. The van der Waals surface area contributed by atoms with Crippen molar-refractivity contribution in [1.29, 1.82) is 0 Å². The number of non-ortho nitro benzene ring substituents is 1. The van der Waals surface area contributed by atoms with Crippen molar-refractivity contribution in [3.8, 4) is 5.75 Å². The molecule has 0 spiro atoms. The Balaban J connectivity index is 1.62. The van der Waals surface area contributed by atoms with Gasteiger partial charge in [-0.15, -0.1) is 0 Å². The van der Waals surface area contributed by atoms with Gasteiger partial charge < -0.3 is 15.2 Å². The number of nitrogens with one attached hydrogen (secondary N) is 1. The number of ether oxygens (including phenoxy) is 1. The Bertz CT molecular complexity index is 1030. The molecule has 8 nitrogen and oxygen atoms in total. The first-order valence-electron chi connectivity index (χ1n) is 7.88. The predicted molar refractivity (Wildman–Crippen MR) is 97.6 cm³/mol. The fourth-order valence-corrected chi connectivity index (χ4v) is 2.49. The van der Waals surface area contributed by atoms with Gasteiger partial charge in [0, 0.05) is 23.2 Å². The second-order valence-corrected chi connectivity index (χ2v) is 5.61. The summed E-state index contributed by atoms with van der Waals surface area (Å²) in [6, 6.07) is 15.3. The van der Waals surface area contributed by atoms with E-state index in [1.54, 1.807) is 24.3 Å². The van der Waals surface area contributed by atoms with E-state index in [-0.39, 0.29) is 17.0 Å². The Kier molecular flexibility index (Phi) is 4.98. The molecule has 3 aromatic carbocycles. The number of nitro groups is 1. The van der Waals surface area contributed by atoms with Gasteiger partial charge in [-0.25, -0.2) is 4.79 Å². The van der Waals surface area contributed by atoms with Crippen LogP contribution < -0.4 is 5.32 Å². The number of anilines is 1. The van der Waals surface area contributed by atoms with E-state index in [4.69, 9.17) is 4.74 Å². The fourth-order valence-electron chi connectivity index (χ4n) is 2.49. The second kappa shape index (κ2) is 7.52. The fraction of sp³-hybridized carbons (Fsp3) is 0.0526. The van der Waals surface area contributed by atoms with E-state index in [1.165, 1.54) is 30.3 Å². The van der Waals surface area contributed by atoms with Gasteiger partial charge in [-0.2, -0.15) is 0 Å². The topological polar surface area (TPSA) is 119 Å². The van der Waals surface area contributed by atoms with E-state index in [0.717, 1.165) is 5.39 Å². The van der Waals surface area contributed by atoms with Crippen molar-refractivity contribution in [2.75, 3.05) is 11.9 Å². The van der Waals surface area contributed by atoms with Gasteiger partial charge in [-0.3, -0.25) is 14.9 Å². The molecule has 0 saturated heterocycles. The number of nitro benzene ring substituents is 1. The summed E-state index contributed by atoms with van der Waals surface area (Å²) in [6.45, 7) is -0.567. The van der Waals surface area contributed by atoms with E-state index < -0.39 is 23.4 Å². The van der Waals surface area contributed by atoms with Gasteiger partial charge in [0.25, 0.3) is 11.6 Å². The lowest BCUT2D eigenvalue weighted by Gasteiger charge is -2.09. The number of phenols is 1. The number of carbonyl (C=O) groups is 2. The normalized spacial score (nSPS) is 10.4. The first-order chi connectivity index (χ1) is 13.0. The SMILES string of the molecule is O=C(COC(=O)c1ccc2ccccc2c1O)Nc1ccc([N+](=O)[O-])cc1. The van der Waals surface area contributed by atoms with Gasteiger partial charge in [0.1, 0.15) is 11.3 Å². The minimum Gasteiger partial charge on any atom is -0.506 e. The number of hydrogen-bond acceptors (Lipinski definition) is 6. The zero-order valence-corrected chi connectivity index (χ0v) is 13.9. The summed E-state index contributed by atoms with van der Waals surface area (Å²) in [4.78, 5) is 34.1. The van der Waals surface area contributed by atoms with Crippen molar-refractivity contribution < 1.29 is 24.4 Å². The standard InChI is InChI=1S/C19H14N2O6/c22-17(20-13-6-8-14(9-7-13)21(25)26)11-27-19(24)16-10-5-12-3-1-2-4-15(12)18(16)23/h1-10,23H,11H2,(H,20,22). The number of nitrogens with zero attached hydrogens (tertiary/aromatic N) is 1. The lowest BCUT2D eigenvalue weighted by atomic mass is 10.1. The number of hydrogen-bond donors (Lipinski definition) is 2. The van der Waals surface area contributed by atoms with Crippen LogP contribution in [-0.4, -0.2) is 28.5 Å². The minimum absolute atomic E-state index is 0.0446. The smallest absolute Gasteiger partial charge is 0.342 e. The second-order valence-electron chi connectivity index (χ2n) is 5.61. The summed E-state index contributed by atoms with van der Waals surface area (Å²) >= 11 is 0. The highest BCUT2D eigenvalue weighted by Gasteiger charge is 2.16. The van der Waals surface area contributed by atoms with Crippen LogP contribution in [0.15, 0.2) is 60.7 Å². The molecule has 0 radical (unpaired) electrons. The number of esters is 1. The third-order valence-electron chi connectivity index (χ3n) is 3.82. The Morgan fingerprint density at radius 2 is 1.74 bits per heavy atom. The van der Waals surface area contributed by atoms with Gasteiger partial charge >= 0.3 is 5.97 Å². The van der Waals surface area contributed by atoms with Gasteiger partial charge in [0.15, 0.2) is 6.61 Å². The minimum atomic E-state index is -0.836. The number of benzene rings is 3. The molecule has 0 heterocycles. The van der Waals surface area contributed by atoms with Gasteiger partial charge in [0.2, 0.25) is 0 Å². The van der Waals surface area contributed by atoms with Crippen molar-refractivity contribution >= 4 is 34.0 Å². The van der Waals surface area contributed by atoms with Crippen LogP contribution in [0.4, 0.5) is 11.4 Å². The van der Waals surface area contributed by atoms with Gasteiger partial charge in [0.05, 0.1) is 4.92 Å². The van der Waals surface area contributed by atoms with Crippen LogP contribution >= 0.6 is 0 Å². The van der Waals surface area contributed by atoms with E-state index in [1.807, 2.05) is 6.07 Å². The van der Waals surface area contributed by atoms with Crippen molar-refractivity contribution in [2.24, 2.45) is 0 Å². The quantitative estimate of drug-likeness (QED) is 0.406. The molecule has 0 aliphatic heterocycles. The Hall–Kier alpha value is -3.94. The molecule has 0 unspecified atom stereocenters. The van der Waals surface area contributed by atoms with Crippen LogP contribution in [-0.2, 0) is 9.53 Å². The summed E-state index contributed by atoms with van der Waals surface area (Å²) in [6.07, 6.45) is 0. The van der Waals surface area contributed by atoms with E-state index in [9.17, 15) is 24.8 Å². The molecular formula is C19H14N2O6. The molecule has 136 valence electrons. The maximum atomic E-state index is 12.1. The van der Waals surface area contributed by atoms with Crippen molar-refractivity contribution in [3.63, 3.8) is 0 Å². The molecule has 0 saturated carbocycles. The third kappa shape index (κ3) is 4.01. The molecule has 0 aliphatic carbocycles. The maximum absolute atomic E-state index is 12.1. The molecular weight excluding hydrogens is 352 g/mol. The predicted octanol–water partition coefficient (Wildman–Crippen LogP) is 3.25. The van der Waals surface area contributed by atoms with E-state index in [2.05, 4.69) is 5.32 Å². The van der Waals surface area contributed by atoms with Crippen LogP contribution in [0.3, 0.4) is 0 Å². The maximum Gasteiger partial charge on any atom is 0.342 e. The molecule has 0 fully saturated rings. The number of phenolic OH excluding ortho intramolecular Hbond substituents is 1. The largest absolute Gasteiger partial charge is 0.506 e. The third-order valence-corrected chi connectivity index (χ3v) is 3.82. The van der Waals surface area contributed by atoms with Crippen LogP contribution in [0.1, 0.15) is 10.4 Å². The van der Waals surface area contributed by atoms with Crippen LogP contribution in [0.25, 0.3) is 10.8 Å². The highest BCUT2D eigenvalue weighted by atomic mass is 16.6. The molecule has 0 bridgehead atoms. The first-order valence-corrected chi connectivity index (χ1v) is 7.88. The summed E-state index contributed by atoms with van der Waals surface area (Å²) in [5, 5.41) is 24.6. The number of fused-ring (bicyclic) bond motifs is 1. The van der Waals surface area contributed by atoms with Crippen LogP contribution in [0, 0.1) is 10.1 Å². The molecule has 1 amide bonds. The number of aromatic hydroxyl groups is 1. The highest BCUT2D eigenvalue weighted by molar-refractivity contribution is 6.02. The summed E-state index contributed by atoms with van der Waals surface area (Å²) in [7, 11) is 0. The molecule has 8 heteroatoms. The molecule has 27 heavy (non-hydrogen) atoms. The summed E-state index contributed by atoms with van der Waals surface area (Å²) in [5.41, 5.74) is 0.179. The van der Waals surface area contributed by atoms with Gasteiger partial charge in [-0.1, -0.05) is 30.3 Å². The van der Waals surface area contributed by atoms with Crippen LogP contribution in [0.2, 0.25) is 0 Å². The number of amides is 1. The molecule has 3 rings (SSSR count). The Morgan fingerprint density at radius 1 is 1.04 bits per heavy atom. The Morgan fingerprint density at radius 3 is 2.44 bits per heavy atom. The molecule has 3 aromatic rings. The first kappa shape index (κ1) is 17.9. The lowest BCUT2D eigenvalue weighted by molar-refractivity contribution is -0.384. The van der Waals surface area contributed by atoms with Gasteiger partial charge in [-0.05, 0) is 23.6 Å². The highest BCUT2D eigenvalue weighted by Crippen LogP contribution is 2.29. The van der Waals surface area contributed by atoms with E-state index in [0.29, 0.717) is 11.1 Å². The molecule has 0 aromatic heterocycles. The van der Waals surface area contributed by atoms with Crippen molar-refractivity contribution in [3.05, 3.63) is 76.3 Å². The van der Waals surface area contributed by atoms with Crippen LogP contribution in [0.5, 0.6) is 5.75 Å². The number of rotatable bonds is 5. The number of carbonyl (C=O) groups excluding carboxylic acids is 2. The molecule has 0 atom stereocenters. The molecule has 2 N–H and O–H groups in total. The average Bonchev–Trinajstić information content (AvgIpc) is 2.67. The lowest BCUT2D eigenvalue weighted by Crippen LogP contribution is -2.21. The zero-order chi connectivity index (χ0) is 19.4. The van der Waals surface area contributed by atoms with E-state index >= 15 is 0 Å². The zero-order valence-electron chi connectivity index (χ0n) is 13.9. The average molecular weight is 366 g/mol. The summed E-state index contributed by atoms with van der Waals surface area (Å²) < 4.78 is 4.93. The van der Waals surface area contributed by atoms with Crippen molar-refractivity contribution in [2.45, 2.75) is 0 Å². The Labute approximate surface area is 153 Å².